The van der Waals surface area contributed by atoms with Crippen LogP contribution in [0.25, 0.3) is 5.69 Å². The molecule has 42 heavy (non-hydrogen) atoms. The van der Waals surface area contributed by atoms with Crippen molar-refractivity contribution in [2.75, 3.05) is 17.3 Å². The van der Waals surface area contributed by atoms with E-state index in [0.717, 1.165) is 34.0 Å². The quantitative estimate of drug-likeness (QED) is 0.180. The highest BCUT2D eigenvalue weighted by Gasteiger charge is 2.42. The zero-order chi connectivity index (χ0) is 30.1. The minimum Gasteiger partial charge on any atom is -0.465 e. The molecule has 0 bridgehead atoms. The number of nitrogens with zero attached hydrogens (tertiary/aromatic N) is 3. The number of hydrogen-bond acceptors (Lipinski definition) is 5. The number of benzene rings is 2. The summed E-state index contributed by atoms with van der Waals surface area (Å²) in [6.45, 7) is 7.75. The van der Waals surface area contributed by atoms with E-state index in [-0.39, 0.29) is 23.9 Å². The summed E-state index contributed by atoms with van der Waals surface area (Å²) < 4.78 is 7.06. The van der Waals surface area contributed by atoms with Gasteiger partial charge in [0.2, 0.25) is 5.91 Å². The van der Waals surface area contributed by atoms with Gasteiger partial charge in [0, 0.05) is 34.9 Å². The van der Waals surface area contributed by atoms with Crippen LogP contribution in [0.4, 0.5) is 11.4 Å². The molecule has 216 valence electrons. The zero-order valence-corrected chi connectivity index (χ0v) is 25.6. The average molecular weight is 602 g/mol. The molecule has 10 heteroatoms. The molecule has 0 aliphatic carbocycles. The molecule has 1 aliphatic heterocycles. The van der Waals surface area contributed by atoms with Crippen LogP contribution in [0, 0.1) is 19.8 Å². The highest BCUT2D eigenvalue weighted by Crippen LogP contribution is 2.44. The van der Waals surface area contributed by atoms with E-state index in [0.29, 0.717) is 21.4 Å². The smallest absolute Gasteiger partial charge is 0.337 e. The molecule has 1 saturated heterocycles. The first-order chi connectivity index (χ1) is 20.1. The minimum absolute atomic E-state index is 0.111. The molecule has 3 heterocycles. The Kier molecular flexibility index (Phi) is 8.34. The number of esters is 1. The molecular weight excluding hydrogens is 570 g/mol. The molecule has 2 unspecified atom stereocenters. The van der Waals surface area contributed by atoms with Crippen LogP contribution in [0.2, 0.25) is 5.02 Å². The Morgan fingerprint density at radius 1 is 1.05 bits per heavy atom. The second-order valence-electron chi connectivity index (χ2n) is 10.5. The molecule has 1 amide bonds. The van der Waals surface area contributed by atoms with Gasteiger partial charge in [0.1, 0.15) is 0 Å². The number of methoxy groups -OCH3 is 1. The first-order valence-electron chi connectivity index (χ1n) is 13.6. The number of carbonyl (C=O) groups excluding carboxylic acids is 2. The summed E-state index contributed by atoms with van der Waals surface area (Å²) in [5.41, 5.74) is 6.50. The summed E-state index contributed by atoms with van der Waals surface area (Å²) in [5, 5.41) is 7.32. The van der Waals surface area contributed by atoms with Crippen molar-refractivity contribution in [2.45, 2.75) is 39.8 Å². The van der Waals surface area contributed by atoms with Crippen LogP contribution in [0.5, 0.6) is 0 Å². The van der Waals surface area contributed by atoms with Gasteiger partial charge in [-0.05, 0) is 86.2 Å². The van der Waals surface area contributed by atoms with Crippen LogP contribution in [0.15, 0.2) is 72.9 Å². The SMILES string of the molecule is COC(=O)c1cccc(-n2c(C)cc(C3C(c4ccccn4)NC(=S)N3c3ccc(NC(=O)C(C)C)c(Cl)c3)c2C)c1. The number of halogens is 1. The van der Waals surface area contributed by atoms with Gasteiger partial charge in [-0.1, -0.05) is 37.6 Å². The maximum Gasteiger partial charge on any atom is 0.337 e. The van der Waals surface area contributed by atoms with Gasteiger partial charge in [-0.15, -0.1) is 0 Å². The fourth-order valence-electron chi connectivity index (χ4n) is 5.36. The number of carbonyl (C=O) groups is 2. The largest absolute Gasteiger partial charge is 0.465 e. The van der Waals surface area contributed by atoms with Crippen LogP contribution in [0.1, 0.15) is 58.9 Å². The number of hydrogen-bond donors (Lipinski definition) is 2. The first kappa shape index (κ1) is 29.3. The highest BCUT2D eigenvalue weighted by molar-refractivity contribution is 7.80. The van der Waals surface area contributed by atoms with E-state index >= 15 is 0 Å². The lowest BCUT2D eigenvalue weighted by molar-refractivity contribution is -0.118. The lowest BCUT2D eigenvalue weighted by atomic mass is 9.96. The van der Waals surface area contributed by atoms with Crippen LogP contribution < -0.4 is 15.5 Å². The van der Waals surface area contributed by atoms with Crippen molar-refractivity contribution >= 4 is 52.2 Å². The van der Waals surface area contributed by atoms with Crippen molar-refractivity contribution < 1.29 is 14.3 Å². The predicted octanol–water partition coefficient (Wildman–Crippen LogP) is 6.70. The second kappa shape index (κ2) is 12.0. The lowest BCUT2D eigenvalue weighted by Crippen LogP contribution is -2.29. The molecule has 0 radical (unpaired) electrons. The summed E-state index contributed by atoms with van der Waals surface area (Å²) in [5.74, 6) is -0.681. The van der Waals surface area contributed by atoms with Crippen LogP contribution >= 0.6 is 23.8 Å². The van der Waals surface area contributed by atoms with Crippen molar-refractivity contribution in [1.82, 2.24) is 14.9 Å². The van der Waals surface area contributed by atoms with E-state index in [2.05, 4.69) is 33.2 Å². The Labute approximate surface area is 255 Å². The predicted molar refractivity (Wildman–Crippen MR) is 169 cm³/mol. The third kappa shape index (κ3) is 5.49. The van der Waals surface area contributed by atoms with Gasteiger partial charge in [-0.3, -0.25) is 9.78 Å². The zero-order valence-electron chi connectivity index (χ0n) is 24.0. The molecule has 1 fully saturated rings. The number of aryl methyl sites for hydroxylation is 1. The first-order valence-corrected chi connectivity index (χ1v) is 14.4. The fourth-order valence-corrected chi connectivity index (χ4v) is 5.92. The molecule has 2 aromatic heterocycles. The van der Waals surface area contributed by atoms with E-state index in [9.17, 15) is 9.59 Å². The van der Waals surface area contributed by atoms with E-state index in [1.165, 1.54) is 7.11 Å². The van der Waals surface area contributed by atoms with Crippen molar-refractivity contribution in [3.63, 3.8) is 0 Å². The van der Waals surface area contributed by atoms with Crippen molar-refractivity contribution in [3.05, 3.63) is 106 Å². The summed E-state index contributed by atoms with van der Waals surface area (Å²) >= 11 is 12.6. The number of anilines is 2. The monoisotopic (exact) mass is 601 g/mol. The van der Waals surface area contributed by atoms with Gasteiger partial charge in [0.25, 0.3) is 0 Å². The Balaban J connectivity index is 1.62. The van der Waals surface area contributed by atoms with Gasteiger partial charge in [0.05, 0.1) is 41.2 Å². The van der Waals surface area contributed by atoms with E-state index in [4.69, 9.17) is 28.6 Å². The number of nitrogens with one attached hydrogen (secondary N) is 2. The third-order valence-electron chi connectivity index (χ3n) is 7.43. The number of rotatable bonds is 7. The molecule has 2 aromatic carbocycles. The van der Waals surface area contributed by atoms with E-state index < -0.39 is 5.97 Å². The molecule has 4 aromatic rings. The Morgan fingerprint density at radius 2 is 1.83 bits per heavy atom. The topological polar surface area (TPSA) is 88.5 Å². The molecule has 1 aliphatic rings. The summed E-state index contributed by atoms with van der Waals surface area (Å²) in [6, 6.07) is 20.3. The number of ether oxygens (including phenoxy) is 1. The van der Waals surface area contributed by atoms with Crippen molar-refractivity contribution in [3.8, 4) is 5.69 Å². The summed E-state index contributed by atoms with van der Waals surface area (Å²) in [6.07, 6.45) is 1.77. The molecule has 2 N–H and O–H groups in total. The van der Waals surface area contributed by atoms with Gasteiger partial charge < -0.3 is 24.8 Å². The number of thiocarbonyl (C=S) groups is 1. The second-order valence-corrected chi connectivity index (χ2v) is 11.3. The Morgan fingerprint density at radius 3 is 2.50 bits per heavy atom. The summed E-state index contributed by atoms with van der Waals surface area (Å²) in [4.78, 5) is 31.3. The number of pyridine rings is 1. The van der Waals surface area contributed by atoms with Crippen molar-refractivity contribution in [2.24, 2.45) is 5.92 Å². The van der Waals surface area contributed by atoms with Gasteiger partial charge in [0.15, 0.2) is 5.11 Å². The highest BCUT2D eigenvalue weighted by atomic mass is 35.5. The van der Waals surface area contributed by atoms with Gasteiger partial charge in [-0.2, -0.15) is 0 Å². The van der Waals surface area contributed by atoms with E-state index in [1.807, 2.05) is 74.2 Å². The van der Waals surface area contributed by atoms with Crippen molar-refractivity contribution in [1.29, 1.82) is 0 Å². The molecule has 0 spiro atoms. The third-order valence-corrected chi connectivity index (χ3v) is 8.05. The maximum absolute atomic E-state index is 12.3. The molecule has 2 atom stereocenters. The molecule has 8 nitrogen and oxygen atoms in total. The fraction of sp³-hybridized carbons (Fsp3) is 0.250. The molecule has 5 rings (SSSR count). The molecule has 0 saturated carbocycles. The Bertz CT molecular complexity index is 1670. The van der Waals surface area contributed by atoms with Crippen LogP contribution in [0.3, 0.4) is 0 Å². The number of amides is 1. The standard InChI is InChI=1S/C32H32ClN5O3S/c1-18(2)30(39)35-26-13-12-23(17-25(26)33)38-29(28(36-32(38)42)27-11-6-7-14-34-27)24-15-19(3)37(20(24)4)22-10-8-9-21(16-22)31(40)41-5/h6-18,28-29H,1-5H3,(H,35,39)(H,36,42). The van der Waals surface area contributed by atoms with Gasteiger partial charge >= 0.3 is 5.97 Å². The lowest BCUT2D eigenvalue weighted by Gasteiger charge is -2.28. The minimum atomic E-state index is -0.392. The number of aromatic nitrogens is 2. The van der Waals surface area contributed by atoms with Gasteiger partial charge in [-0.25, -0.2) is 4.79 Å². The average Bonchev–Trinajstić information content (AvgIpc) is 3.48. The maximum atomic E-state index is 12.3. The van der Waals surface area contributed by atoms with E-state index in [1.54, 1.807) is 18.3 Å². The summed E-state index contributed by atoms with van der Waals surface area (Å²) in [7, 11) is 1.37. The Hall–Kier alpha value is -4.21. The normalized spacial score (nSPS) is 16.5. The molecular formula is C32H32ClN5O3S. The van der Waals surface area contributed by atoms with Crippen LogP contribution in [-0.4, -0.2) is 33.6 Å². The van der Waals surface area contributed by atoms with Crippen LogP contribution in [-0.2, 0) is 9.53 Å².